The molecule has 0 saturated carbocycles. The van der Waals surface area contributed by atoms with Gasteiger partial charge in [-0.2, -0.15) is 0 Å². The van der Waals surface area contributed by atoms with Crippen molar-refractivity contribution in [2.75, 3.05) is 10.2 Å². The molecule has 0 fully saturated rings. The largest absolute Gasteiger partial charge is 0.326 e. The fourth-order valence-corrected chi connectivity index (χ4v) is 4.65. The second kappa shape index (κ2) is 10.8. The third-order valence-electron chi connectivity index (χ3n) is 6.29. The Hall–Kier alpha value is -3.57. The van der Waals surface area contributed by atoms with Crippen LogP contribution in [-0.2, 0) is 9.59 Å². The smallest absolute Gasteiger partial charge is 0.224 e. The van der Waals surface area contributed by atoms with Crippen LogP contribution < -0.4 is 10.2 Å². The molecule has 0 radical (unpaired) electrons. The van der Waals surface area contributed by atoms with E-state index >= 15 is 0 Å². The number of hydrogen-bond acceptors (Lipinski definition) is 3. The summed E-state index contributed by atoms with van der Waals surface area (Å²) in [4.78, 5) is 29.5. The topological polar surface area (TPSA) is 98.2 Å². The summed E-state index contributed by atoms with van der Waals surface area (Å²) >= 11 is 0. The first-order chi connectivity index (χ1) is 15.9. The van der Waals surface area contributed by atoms with E-state index in [9.17, 15) is 15.1 Å². The molecule has 0 unspecified atom stereocenters. The molecule has 172 valence electrons. The van der Waals surface area contributed by atoms with Crippen LogP contribution in [0.25, 0.3) is 21.6 Å². The van der Waals surface area contributed by atoms with E-state index in [1.807, 2.05) is 67.3 Å². The van der Waals surface area contributed by atoms with Crippen LogP contribution >= 0.6 is 0 Å². The van der Waals surface area contributed by atoms with E-state index in [0.29, 0.717) is 6.42 Å². The van der Waals surface area contributed by atoms with Crippen molar-refractivity contribution in [3.63, 3.8) is 0 Å². The van der Waals surface area contributed by atoms with E-state index in [1.165, 1.54) is 0 Å². The molecule has 0 aliphatic carbocycles. The number of nitrogens with one attached hydrogen (secondary N) is 1. The number of allylic oxidation sites excluding steroid dienone is 1. The Morgan fingerprint density at radius 3 is 2.52 bits per heavy atom. The highest BCUT2D eigenvalue weighted by Crippen LogP contribution is 2.45. The number of hydrogen-bond donors (Lipinski definition) is 1. The summed E-state index contributed by atoms with van der Waals surface area (Å²) in [5, 5.41) is 7.02. The number of amides is 2. The van der Waals surface area contributed by atoms with Crippen LogP contribution in [0.15, 0.2) is 60.2 Å². The molecule has 0 spiro atoms. The van der Waals surface area contributed by atoms with Gasteiger partial charge in [0.15, 0.2) is 0 Å². The van der Waals surface area contributed by atoms with E-state index in [-0.39, 0.29) is 29.8 Å². The molecule has 1 N–H and O–H groups in total. The van der Waals surface area contributed by atoms with Crippen molar-refractivity contribution >= 4 is 23.2 Å². The maximum atomic E-state index is 12.5. The minimum Gasteiger partial charge on any atom is -0.326 e. The summed E-state index contributed by atoms with van der Waals surface area (Å²) < 4.78 is 0. The Bertz CT molecular complexity index is 1070. The van der Waals surface area contributed by atoms with E-state index in [2.05, 4.69) is 21.9 Å². The highest BCUT2D eigenvalue weighted by molar-refractivity contribution is 5.94. The zero-order valence-electron chi connectivity index (χ0n) is 19.5. The van der Waals surface area contributed by atoms with Crippen LogP contribution in [0.2, 0.25) is 0 Å². The van der Waals surface area contributed by atoms with Gasteiger partial charge < -0.3 is 10.2 Å². The molecule has 1 heterocycles. The van der Waals surface area contributed by atoms with Crippen LogP contribution in [0.5, 0.6) is 0 Å². The summed E-state index contributed by atoms with van der Waals surface area (Å²) in [6, 6.07) is 13.2. The number of fused-ring (bicyclic) bond motifs is 1. The molecule has 7 nitrogen and oxygen atoms in total. The molecule has 3 atom stereocenters. The Morgan fingerprint density at radius 1 is 1.21 bits per heavy atom. The van der Waals surface area contributed by atoms with E-state index < -0.39 is 0 Å². The van der Waals surface area contributed by atoms with Gasteiger partial charge >= 0.3 is 0 Å². The van der Waals surface area contributed by atoms with E-state index in [0.717, 1.165) is 47.3 Å². The molecule has 0 aromatic heterocycles. The summed E-state index contributed by atoms with van der Waals surface area (Å²) in [5.74, 6) is -0.0362. The van der Waals surface area contributed by atoms with Gasteiger partial charge in [0.1, 0.15) is 0 Å². The number of azide groups is 1. The summed E-state index contributed by atoms with van der Waals surface area (Å²) in [5.41, 5.74) is 13.5. The minimum absolute atomic E-state index is 0.00349. The summed E-state index contributed by atoms with van der Waals surface area (Å²) in [6.07, 6.45) is 4.65. The molecular formula is C26H31N5O2. The van der Waals surface area contributed by atoms with Crippen molar-refractivity contribution < 1.29 is 9.59 Å². The van der Waals surface area contributed by atoms with Gasteiger partial charge in [0, 0.05) is 35.7 Å². The van der Waals surface area contributed by atoms with Crippen LogP contribution in [0.4, 0.5) is 11.4 Å². The molecule has 1 aliphatic rings. The second-order valence-corrected chi connectivity index (χ2v) is 8.45. The van der Waals surface area contributed by atoms with Crippen molar-refractivity contribution in [1.82, 2.24) is 0 Å². The predicted molar refractivity (Wildman–Crippen MR) is 133 cm³/mol. The lowest BCUT2D eigenvalue weighted by Crippen LogP contribution is -2.48. The molecule has 0 saturated heterocycles. The van der Waals surface area contributed by atoms with Gasteiger partial charge in [-0.05, 0) is 71.7 Å². The summed E-state index contributed by atoms with van der Waals surface area (Å²) in [6.45, 7) is 9.33. The number of unbranched alkanes of at least 4 members (excludes halogenated alkanes) is 1. The molecule has 2 aromatic carbocycles. The lowest BCUT2D eigenvalue weighted by Gasteiger charge is -2.43. The van der Waals surface area contributed by atoms with Crippen LogP contribution in [0.1, 0.15) is 58.1 Å². The molecule has 2 amide bonds. The molecule has 33 heavy (non-hydrogen) atoms. The Kier molecular flexibility index (Phi) is 7.91. The number of anilines is 2. The van der Waals surface area contributed by atoms with Crippen molar-refractivity contribution in [2.24, 2.45) is 11.0 Å². The number of carbonyl (C=O) groups excluding carboxylic acids is 2. The summed E-state index contributed by atoms with van der Waals surface area (Å²) in [7, 11) is 0. The average Bonchev–Trinajstić information content (AvgIpc) is 2.80. The van der Waals surface area contributed by atoms with Gasteiger partial charge in [-0.25, -0.2) is 0 Å². The van der Waals surface area contributed by atoms with Crippen molar-refractivity contribution in [1.29, 1.82) is 0 Å². The monoisotopic (exact) mass is 445 g/mol. The maximum Gasteiger partial charge on any atom is 0.224 e. The first kappa shape index (κ1) is 24.1. The third kappa shape index (κ3) is 5.26. The average molecular weight is 446 g/mol. The fraction of sp³-hybridized carbons (Fsp3) is 0.385. The molecule has 0 bridgehead atoms. The maximum absolute atomic E-state index is 12.5. The van der Waals surface area contributed by atoms with Gasteiger partial charge in [0.25, 0.3) is 0 Å². The molecule has 1 aliphatic heterocycles. The Labute approximate surface area is 195 Å². The first-order valence-electron chi connectivity index (χ1n) is 11.4. The van der Waals surface area contributed by atoms with Gasteiger partial charge in [0.2, 0.25) is 11.8 Å². The van der Waals surface area contributed by atoms with Crippen molar-refractivity contribution in [3.05, 3.63) is 71.1 Å². The standard InChI is InChI=1S/C26H31N5O2/c1-5-7-8-9-25(33)28-21-13-10-19(11-14-21)20-12-15-24-22(16-20)26(29-30-27)17(3)23(6-2)31(24)18(4)32/h5,10-17,23,26H,1,6-9H2,2-4H3,(H,28,33)/t17-,23+,26+/m1/s1. The highest BCUT2D eigenvalue weighted by Gasteiger charge is 2.39. The van der Waals surface area contributed by atoms with E-state index in [4.69, 9.17) is 0 Å². The van der Waals surface area contributed by atoms with Crippen LogP contribution in [0.3, 0.4) is 0 Å². The molecule has 7 heteroatoms. The Balaban J connectivity index is 1.91. The van der Waals surface area contributed by atoms with Crippen LogP contribution in [-0.4, -0.2) is 17.9 Å². The van der Waals surface area contributed by atoms with Crippen LogP contribution in [0, 0.1) is 5.92 Å². The quantitative estimate of drug-likeness (QED) is 0.159. The van der Waals surface area contributed by atoms with Gasteiger partial charge in [-0.1, -0.05) is 43.2 Å². The SMILES string of the molecule is C=CCCCC(=O)Nc1ccc(-c2ccc3c(c2)[C@@H](N=[N+]=[N-])[C@H](C)[C@H](CC)N3C(C)=O)cc1. The van der Waals surface area contributed by atoms with Crippen molar-refractivity contribution in [3.8, 4) is 11.1 Å². The number of carbonyl (C=O) groups is 2. The predicted octanol–water partition coefficient (Wildman–Crippen LogP) is 6.78. The Morgan fingerprint density at radius 2 is 1.91 bits per heavy atom. The highest BCUT2D eigenvalue weighted by atomic mass is 16.2. The molecule has 2 aromatic rings. The van der Waals surface area contributed by atoms with Gasteiger partial charge in [-0.15, -0.1) is 6.58 Å². The zero-order chi connectivity index (χ0) is 24.0. The number of rotatable bonds is 8. The lowest BCUT2D eigenvalue weighted by atomic mass is 9.80. The van der Waals surface area contributed by atoms with Gasteiger partial charge in [-0.3, -0.25) is 9.59 Å². The second-order valence-electron chi connectivity index (χ2n) is 8.45. The lowest BCUT2D eigenvalue weighted by molar-refractivity contribution is -0.117. The molecular weight excluding hydrogens is 414 g/mol. The van der Waals surface area contributed by atoms with Gasteiger partial charge in [0.05, 0.1) is 6.04 Å². The number of nitrogens with zero attached hydrogens (tertiary/aromatic N) is 4. The van der Waals surface area contributed by atoms with E-state index in [1.54, 1.807) is 6.92 Å². The first-order valence-corrected chi connectivity index (χ1v) is 11.4. The number of benzene rings is 2. The molecule has 3 rings (SSSR count). The zero-order valence-corrected chi connectivity index (χ0v) is 19.5. The third-order valence-corrected chi connectivity index (χ3v) is 6.29. The minimum atomic E-state index is -0.348. The normalized spacial score (nSPS) is 19.2. The fourth-order valence-electron chi connectivity index (χ4n) is 4.65. The van der Waals surface area contributed by atoms with Crippen molar-refractivity contribution in [2.45, 2.75) is 58.5 Å².